The molecule has 4 nitrogen and oxygen atoms in total. The summed E-state index contributed by atoms with van der Waals surface area (Å²) in [5.74, 6) is -0.124. The van der Waals surface area contributed by atoms with E-state index in [4.69, 9.17) is 4.74 Å². The van der Waals surface area contributed by atoms with E-state index in [0.29, 0.717) is 21.3 Å². The van der Waals surface area contributed by atoms with E-state index < -0.39 is 0 Å². The zero-order valence-corrected chi connectivity index (χ0v) is 12.7. The molecule has 0 saturated carbocycles. The molecule has 1 N–H and O–H groups in total. The summed E-state index contributed by atoms with van der Waals surface area (Å²) in [6.45, 7) is 0. The van der Waals surface area contributed by atoms with Gasteiger partial charge in [-0.25, -0.2) is 9.82 Å². The third kappa shape index (κ3) is 4.13. The molecule has 2 aromatic carbocycles. The molecule has 2 aromatic rings. The monoisotopic (exact) mass is 350 g/mol. The van der Waals surface area contributed by atoms with Gasteiger partial charge in [0, 0.05) is 4.47 Å². The van der Waals surface area contributed by atoms with Crippen LogP contribution < -0.4 is 10.2 Å². The Morgan fingerprint density at radius 2 is 2.00 bits per heavy atom. The van der Waals surface area contributed by atoms with Crippen molar-refractivity contribution in [2.24, 2.45) is 5.10 Å². The molecule has 0 atom stereocenters. The van der Waals surface area contributed by atoms with Gasteiger partial charge in [-0.1, -0.05) is 12.1 Å². The Morgan fingerprint density at radius 3 is 2.67 bits per heavy atom. The number of benzene rings is 2. The lowest BCUT2D eigenvalue weighted by molar-refractivity contribution is 0.0954. The molecule has 0 aliphatic heterocycles. The minimum Gasteiger partial charge on any atom is -0.497 e. The van der Waals surface area contributed by atoms with Crippen molar-refractivity contribution in [2.45, 2.75) is 0 Å². The normalized spacial score (nSPS) is 10.6. The number of hydrogen-bond donors (Lipinski definition) is 1. The lowest BCUT2D eigenvalue weighted by atomic mass is 10.2. The van der Waals surface area contributed by atoms with Crippen molar-refractivity contribution in [2.75, 3.05) is 7.11 Å². The number of ether oxygens (including phenoxy) is 1. The van der Waals surface area contributed by atoms with Crippen LogP contribution in [-0.4, -0.2) is 19.2 Å². The van der Waals surface area contributed by atoms with Gasteiger partial charge in [0.2, 0.25) is 0 Å². The Kier molecular flexibility index (Phi) is 5.05. The molecule has 0 radical (unpaired) electrons. The molecule has 0 fully saturated rings. The fraction of sp³-hybridized carbons (Fsp3) is 0.0667. The number of amides is 1. The molecule has 108 valence electrons. The smallest absolute Gasteiger partial charge is 0.272 e. The van der Waals surface area contributed by atoms with Gasteiger partial charge in [-0.2, -0.15) is 5.10 Å². The highest BCUT2D eigenvalue weighted by Crippen LogP contribution is 2.22. The number of halogens is 2. The average Bonchev–Trinajstić information content (AvgIpc) is 2.49. The van der Waals surface area contributed by atoms with Crippen LogP contribution in [0, 0.1) is 5.82 Å². The van der Waals surface area contributed by atoms with Crippen LogP contribution in [0.5, 0.6) is 5.75 Å². The molecule has 21 heavy (non-hydrogen) atoms. The fourth-order valence-corrected chi connectivity index (χ4v) is 2.01. The Bertz CT molecular complexity index is 672. The summed E-state index contributed by atoms with van der Waals surface area (Å²) in [4.78, 5) is 12.0. The molecular weight excluding hydrogens is 339 g/mol. The first kappa shape index (κ1) is 15.2. The standard InChI is InChI=1S/C15H12BrFN2O2/c1-21-12-6-7-14(16)13(8-12)15(20)19-18-9-10-2-4-11(17)5-3-10/h2-9H,1H3,(H,19,20)/b18-9-. The first-order chi connectivity index (χ1) is 10.1. The Balaban J connectivity index is 2.06. The van der Waals surface area contributed by atoms with Crippen molar-refractivity contribution >= 4 is 28.1 Å². The second-order valence-electron chi connectivity index (χ2n) is 4.10. The minimum atomic E-state index is -0.376. The van der Waals surface area contributed by atoms with Crippen LogP contribution in [0.1, 0.15) is 15.9 Å². The number of carbonyl (C=O) groups excluding carboxylic acids is 1. The van der Waals surface area contributed by atoms with Gasteiger partial charge in [0.05, 0.1) is 18.9 Å². The van der Waals surface area contributed by atoms with Gasteiger partial charge in [-0.3, -0.25) is 4.79 Å². The fourth-order valence-electron chi connectivity index (χ4n) is 1.58. The van der Waals surface area contributed by atoms with Crippen molar-refractivity contribution in [3.8, 4) is 5.75 Å². The van der Waals surface area contributed by atoms with E-state index in [1.165, 1.54) is 25.5 Å². The quantitative estimate of drug-likeness (QED) is 0.678. The van der Waals surface area contributed by atoms with Crippen LogP contribution in [0.15, 0.2) is 52.0 Å². The number of hydrazone groups is 1. The van der Waals surface area contributed by atoms with Crippen molar-refractivity contribution in [1.82, 2.24) is 5.43 Å². The molecule has 0 bridgehead atoms. The number of carbonyl (C=O) groups is 1. The number of nitrogens with zero attached hydrogens (tertiary/aromatic N) is 1. The Hall–Kier alpha value is -2.21. The first-order valence-electron chi connectivity index (χ1n) is 6.02. The summed E-state index contributed by atoms with van der Waals surface area (Å²) in [7, 11) is 1.53. The molecule has 0 heterocycles. The van der Waals surface area contributed by atoms with Crippen LogP contribution in [-0.2, 0) is 0 Å². The number of nitrogens with one attached hydrogen (secondary N) is 1. The maximum absolute atomic E-state index is 12.7. The Morgan fingerprint density at radius 1 is 1.29 bits per heavy atom. The van der Waals surface area contributed by atoms with Gasteiger partial charge in [-0.05, 0) is 51.8 Å². The predicted octanol–water partition coefficient (Wildman–Crippen LogP) is 3.36. The molecule has 6 heteroatoms. The minimum absolute atomic E-state index is 0.323. The van der Waals surface area contributed by atoms with E-state index in [1.54, 1.807) is 30.3 Å². The highest BCUT2D eigenvalue weighted by Gasteiger charge is 2.10. The number of methoxy groups -OCH3 is 1. The molecule has 2 rings (SSSR count). The maximum Gasteiger partial charge on any atom is 0.272 e. The lowest BCUT2D eigenvalue weighted by Crippen LogP contribution is -2.18. The van der Waals surface area contributed by atoms with Crippen LogP contribution in [0.25, 0.3) is 0 Å². The molecule has 0 aliphatic carbocycles. The molecular formula is C15H12BrFN2O2. The summed E-state index contributed by atoms with van der Waals surface area (Å²) in [6, 6.07) is 10.8. The highest BCUT2D eigenvalue weighted by atomic mass is 79.9. The summed E-state index contributed by atoms with van der Waals surface area (Å²) in [5.41, 5.74) is 3.50. The largest absolute Gasteiger partial charge is 0.497 e. The van der Waals surface area contributed by atoms with Gasteiger partial charge in [0.1, 0.15) is 11.6 Å². The van der Waals surface area contributed by atoms with Crippen molar-refractivity contribution in [1.29, 1.82) is 0 Å². The molecule has 1 amide bonds. The zero-order chi connectivity index (χ0) is 15.2. The van der Waals surface area contributed by atoms with Crippen molar-refractivity contribution in [3.63, 3.8) is 0 Å². The van der Waals surface area contributed by atoms with E-state index in [-0.39, 0.29) is 11.7 Å². The molecule has 0 aliphatic rings. The van der Waals surface area contributed by atoms with Gasteiger partial charge >= 0.3 is 0 Å². The summed E-state index contributed by atoms with van der Waals surface area (Å²) in [6.07, 6.45) is 1.44. The third-order valence-electron chi connectivity index (χ3n) is 2.67. The average molecular weight is 351 g/mol. The summed E-state index contributed by atoms with van der Waals surface area (Å²) < 4.78 is 18.5. The molecule has 0 spiro atoms. The molecule has 0 saturated heterocycles. The second-order valence-corrected chi connectivity index (χ2v) is 4.95. The Labute approximate surface area is 129 Å². The van der Waals surface area contributed by atoms with Crippen LogP contribution in [0.3, 0.4) is 0 Å². The lowest BCUT2D eigenvalue weighted by Gasteiger charge is -2.05. The number of rotatable bonds is 4. The van der Waals surface area contributed by atoms with Crippen LogP contribution in [0.2, 0.25) is 0 Å². The second kappa shape index (κ2) is 6.99. The predicted molar refractivity (Wildman–Crippen MR) is 82.2 cm³/mol. The number of hydrogen-bond acceptors (Lipinski definition) is 3. The topological polar surface area (TPSA) is 50.7 Å². The summed E-state index contributed by atoms with van der Waals surface area (Å²) >= 11 is 3.30. The van der Waals surface area contributed by atoms with E-state index in [1.807, 2.05) is 0 Å². The SMILES string of the molecule is COc1ccc(Br)c(C(=O)N/N=C\c2ccc(F)cc2)c1. The van der Waals surface area contributed by atoms with Crippen LogP contribution >= 0.6 is 15.9 Å². The molecule has 0 unspecified atom stereocenters. The van der Waals surface area contributed by atoms with E-state index in [0.717, 1.165) is 0 Å². The van der Waals surface area contributed by atoms with Crippen molar-refractivity contribution < 1.29 is 13.9 Å². The van der Waals surface area contributed by atoms with E-state index >= 15 is 0 Å². The summed E-state index contributed by atoms with van der Waals surface area (Å²) in [5, 5.41) is 3.84. The maximum atomic E-state index is 12.7. The van der Waals surface area contributed by atoms with Gasteiger partial charge < -0.3 is 4.74 Å². The zero-order valence-electron chi connectivity index (χ0n) is 11.1. The van der Waals surface area contributed by atoms with E-state index in [9.17, 15) is 9.18 Å². The van der Waals surface area contributed by atoms with Crippen LogP contribution in [0.4, 0.5) is 4.39 Å². The third-order valence-corrected chi connectivity index (χ3v) is 3.36. The van der Waals surface area contributed by atoms with Crippen molar-refractivity contribution in [3.05, 3.63) is 63.9 Å². The molecule has 0 aromatic heterocycles. The van der Waals surface area contributed by atoms with E-state index in [2.05, 4.69) is 26.5 Å². The van der Waals surface area contributed by atoms with Gasteiger partial charge in [-0.15, -0.1) is 0 Å². The van der Waals surface area contributed by atoms with Gasteiger partial charge in [0.15, 0.2) is 0 Å². The highest BCUT2D eigenvalue weighted by molar-refractivity contribution is 9.10. The first-order valence-corrected chi connectivity index (χ1v) is 6.82. The van der Waals surface area contributed by atoms with Gasteiger partial charge in [0.25, 0.3) is 5.91 Å².